The van der Waals surface area contributed by atoms with E-state index in [1.165, 1.54) is 6.92 Å². The molecule has 0 bridgehead atoms. The largest absolute Gasteiger partial charge is 0.356 e. The number of hydrogen-bond acceptors (Lipinski definition) is 9. The van der Waals surface area contributed by atoms with Gasteiger partial charge in [0.25, 0.3) is 0 Å². The van der Waals surface area contributed by atoms with Gasteiger partial charge in [-0.25, -0.2) is 15.2 Å². The Kier molecular flexibility index (Phi) is 26.0. The molecule has 266 valence electrons. The van der Waals surface area contributed by atoms with Crippen molar-refractivity contribution in [2.75, 3.05) is 39.3 Å². The summed E-state index contributed by atoms with van der Waals surface area (Å²) in [6.45, 7) is 5.22. The fourth-order valence-electron chi connectivity index (χ4n) is 4.28. The van der Waals surface area contributed by atoms with E-state index in [1.807, 2.05) is 0 Å². The highest BCUT2D eigenvalue weighted by Gasteiger charge is 2.14. The van der Waals surface area contributed by atoms with Crippen molar-refractivity contribution in [2.24, 2.45) is 0 Å². The molecule has 0 aliphatic heterocycles. The summed E-state index contributed by atoms with van der Waals surface area (Å²) in [4.78, 5) is 70.6. The van der Waals surface area contributed by atoms with Crippen LogP contribution in [0.4, 0.5) is 0 Å². The zero-order valence-electron chi connectivity index (χ0n) is 27.9. The molecule has 6 amide bonds. The maximum absolute atomic E-state index is 12.1. The smallest absolute Gasteiger partial charge is 0.246 e. The quantitative estimate of drug-likeness (QED) is 0.0414. The van der Waals surface area contributed by atoms with E-state index in [4.69, 9.17) is 0 Å². The Hall–Kier alpha value is -3.30. The van der Waals surface area contributed by atoms with Crippen LogP contribution < -0.4 is 16.0 Å². The van der Waals surface area contributed by atoms with Crippen molar-refractivity contribution >= 4 is 35.4 Å². The number of nitrogens with one attached hydrogen (secondary N) is 3. The summed E-state index contributed by atoms with van der Waals surface area (Å²) in [5.74, 6) is -2.06. The minimum Gasteiger partial charge on any atom is -0.356 e. The highest BCUT2D eigenvalue weighted by molar-refractivity contribution is 5.83. The zero-order valence-corrected chi connectivity index (χ0v) is 27.9. The van der Waals surface area contributed by atoms with E-state index in [0.29, 0.717) is 86.2 Å². The van der Waals surface area contributed by atoms with Crippen molar-refractivity contribution in [2.45, 2.75) is 123 Å². The third kappa shape index (κ3) is 25.0. The zero-order chi connectivity index (χ0) is 34.6. The summed E-state index contributed by atoms with van der Waals surface area (Å²) in [5, 5.41) is 39.2. The molecule has 15 heteroatoms. The first-order chi connectivity index (χ1) is 22.0. The number of unbranched alkanes of at least 4 members (excludes halogenated alkanes) is 8. The summed E-state index contributed by atoms with van der Waals surface area (Å²) in [6, 6.07) is 0. The Labute approximate surface area is 273 Å². The van der Waals surface area contributed by atoms with Crippen molar-refractivity contribution in [3.8, 4) is 0 Å². The lowest BCUT2D eigenvalue weighted by Crippen LogP contribution is -2.31. The van der Waals surface area contributed by atoms with Gasteiger partial charge < -0.3 is 16.0 Å². The molecule has 0 aromatic rings. The normalized spacial score (nSPS) is 10.6. The molecular weight excluding hydrogens is 600 g/mol. The number of amides is 6. The third-order valence-electron chi connectivity index (χ3n) is 7.19. The van der Waals surface area contributed by atoms with Crippen LogP contribution in [0, 0.1) is 0 Å². The molecule has 6 N–H and O–H groups in total. The van der Waals surface area contributed by atoms with E-state index in [2.05, 4.69) is 22.9 Å². The van der Waals surface area contributed by atoms with E-state index >= 15 is 0 Å². The molecule has 0 atom stereocenters. The van der Waals surface area contributed by atoms with Gasteiger partial charge in [0.05, 0.1) is 0 Å². The summed E-state index contributed by atoms with van der Waals surface area (Å²) in [6.07, 6.45) is 9.04. The van der Waals surface area contributed by atoms with Gasteiger partial charge in [-0.1, -0.05) is 19.8 Å². The lowest BCUT2D eigenvalue weighted by molar-refractivity contribution is -0.166. The summed E-state index contributed by atoms with van der Waals surface area (Å²) in [5.41, 5.74) is 0. The number of carbonyl (C=O) groups is 6. The molecule has 0 aliphatic carbocycles. The molecule has 0 aromatic heterocycles. The van der Waals surface area contributed by atoms with Crippen molar-refractivity contribution in [1.29, 1.82) is 0 Å². The predicted molar refractivity (Wildman–Crippen MR) is 169 cm³/mol. The number of rotatable bonds is 28. The maximum atomic E-state index is 12.1. The van der Waals surface area contributed by atoms with E-state index in [-0.39, 0.29) is 63.0 Å². The van der Waals surface area contributed by atoms with Crippen LogP contribution >= 0.6 is 0 Å². The molecule has 0 rings (SSSR count). The molecule has 0 saturated heterocycles. The van der Waals surface area contributed by atoms with Crippen LogP contribution in [0.3, 0.4) is 0 Å². The van der Waals surface area contributed by atoms with Gasteiger partial charge in [0.15, 0.2) is 0 Å². The van der Waals surface area contributed by atoms with Crippen LogP contribution in [-0.2, 0) is 28.8 Å². The van der Waals surface area contributed by atoms with Crippen LogP contribution in [0.15, 0.2) is 0 Å². The maximum Gasteiger partial charge on any atom is 0.246 e. The summed E-state index contributed by atoms with van der Waals surface area (Å²) >= 11 is 0. The van der Waals surface area contributed by atoms with Crippen molar-refractivity contribution in [1.82, 2.24) is 31.1 Å². The van der Waals surface area contributed by atoms with Gasteiger partial charge in [-0.3, -0.25) is 44.4 Å². The molecule has 0 radical (unpaired) electrons. The average molecular weight is 659 g/mol. The van der Waals surface area contributed by atoms with E-state index in [1.54, 1.807) is 0 Å². The molecule has 0 unspecified atom stereocenters. The first-order valence-electron chi connectivity index (χ1n) is 16.7. The number of carbonyl (C=O) groups excluding carboxylic acids is 6. The average Bonchev–Trinajstić information content (AvgIpc) is 3.03. The van der Waals surface area contributed by atoms with Crippen molar-refractivity contribution in [3.05, 3.63) is 0 Å². The minimum absolute atomic E-state index is 0.0456. The number of hydrogen-bond donors (Lipinski definition) is 6. The highest BCUT2D eigenvalue weighted by atomic mass is 16.5. The Morgan fingerprint density at radius 1 is 0.457 bits per heavy atom. The molecule has 0 fully saturated rings. The minimum atomic E-state index is -0.556. The summed E-state index contributed by atoms with van der Waals surface area (Å²) in [7, 11) is 0. The second kappa shape index (κ2) is 28.0. The first kappa shape index (κ1) is 42.7. The van der Waals surface area contributed by atoms with E-state index in [0.717, 1.165) is 32.1 Å². The van der Waals surface area contributed by atoms with Gasteiger partial charge in [-0.05, 0) is 64.2 Å². The molecule has 0 heterocycles. The molecular formula is C31H58N6O9. The first-order valence-corrected chi connectivity index (χ1v) is 16.7. The lowest BCUT2D eigenvalue weighted by atomic mass is 10.2. The Bertz CT molecular complexity index is 906. The van der Waals surface area contributed by atoms with Crippen molar-refractivity contribution in [3.63, 3.8) is 0 Å². The van der Waals surface area contributed by atoms with Gasteiger partial charge in [-0.2, -0.15) is 0 Å². The number of nitrogens with zero attached hydrogens (tertiary/aromatic N) is 3. The SMILES string of the molecule is CCCCCC(=O)NCCCCCN(O)C(=O)CCC(=O)NCCCCCN(O)C(=O)CCC(=O)NCCCCCN(O)C(C)=O. The third-order valence-corrected chi connectivity index (χ3v) is 7.19. The van der Waals surface area contributed by atoms with Crippen LogP contribution in [0.1, 0.15) is 123 Å². The topological polar surface area (TPSA) is 209 Å². The Morgan fingerprint density at radius 2 is 0.826 bits per heavy atom. The van der Waals surface area contributed by atoms with Crippen LogP contribution in [0.25, 0.3) is 0 Å². The Balaban J connectivity index is 3.76. The van der Waals surface area contributed by atoms with E-state index in [9.17, 15) is 44.4 Å². The molecule has 0 aliphatic rings. The standard InChI is InChI=1S/C31H58N6O9/c1-3-4-8-15-27(39)32-20-10-6-13-24-36(45)30(42)19-17-29(41)34-22-11-7-14-25-37(46)31(43)18-16-28(40)33-21-9-5-12-23-35(44)26(2)38/h44-46H,3-25H2,1-2H3,(H,32,39)(H,33,40)(H,34,41). The lowest BCUT2D eigenvalue weighted by Gasteiger charge is -2.15. The molecule has 0 saturated carbocycles. The van der Waals surface area contributed by atoms with Crippen LogP contribution in [0.2, 0.25) is 0 Å². The van der Waals surface area contributed by atoms with Gasteiger partial charge in [0, 0.05) is 78.3 Å². The molecule has 15 nitrogen and oxygen atoms in total. The molecule has 0 spiro atoms. The van der Waals surface area contributed by atoms with Crippen LogP contribution in [-0.4, -0.2) is 106 Å². The molecule has 46 heavy (non-hydrogen) atoms. The predicted octanol–water partition coefficient (Wildman–Crippen LogP) is 2.66. The van der Waals surface area contributed by atoms with Crippen molar-refractivity contribution < 1.29 is 44.4 Å². The molecule has 0 aromatic carbocycles. The fraction of sp³-hybridized carbons (Fsp3) is 0.806. The van der Waals surface area contributed by atoms with E-state index < -0.39 is 17.7 Å². The van der Waals surface area contributed by atoms with Crippen LogP contribution in [0.5, 0.6) is 0 Å². The van der Waals surface area contributed by atoms with Gasteiger partial charge in [0.1, 0.15) is 0 Å². The summed E-state index contributed by atoms with van der Waals surface area (Å²) < 4.78 is 0. The fourth-order valence-corrected chi connectivity index (χ4v) is 4.28. The highest BCUT2D eigenvalue weighted by Crippen LogP contribution is 2.04. The second-order valence-electron chi connectivity index (χ2n) is 11.4. The second-order valence-corrected chi connectivity index (χ2v) is 11.4. The monoisotopic (exact) mass is 658 g/mol. The number of hydroxylamine groups is 6. The Morgan fingerprint density at radius 3 is 1.20 bits per heavy atom. The van der Waals surface area contributed by atoms with Gasteiger partial charge in [0.2, 0.25) is 35.4 Å². The van der Waals surface area contributed by atoms with Gasteiger partial charge >= 0.3 is 0 Å². The van der Waals surface area contributed by atoms with Gasteiger partial charge in [-0.15, -0.1) is 0 Å².